The third-order valence-corrected chi connectivity index (χ3v) is 4.31. The number of hydrogen-bond donors (Lipinski definition) is 2. The Morgan fingerprint density at radius 3 is 2.45 bits per heavy atom. The van der Waals surface area contributed by atoms with Crippen LogP contribution in [0.3, 0.4) is 0 Å². The number of nitrogens with one attached hydrogen (secondary N) is 2. The zero-order chi connectivity index (χ0) is 14.8. The minimum Gasteiger partial charge on any atom is -0.355 e. The predicted molar refractivity (Wildman–Crippen MR) is 73.9 cm³/mol. The highest BCUT2D eigenvalue weighted by atomic mass is 32.2. The van der Waals surface area contributed by atoms with Crippen molar-refractivity contribution in [3.8, 4) is 0 Å². The largest absolute Gasteiger partial charge is 0.355 e. The molecule has 1 saturated heterocycles. The smallest absolute Gasteiger partial charge is 0.229 e. The molecule has 0 spiro atoms. The molecule has 1 aliphatic rings. The Morgan fingerprint density at radius 2 is 1.95 bits per heavy atom. The molecule has 1 aromatic rings. The van der Waals surface area contributed by atoms with Gasteiger partial charge in [-0.2, -0.15) is 0 Å². The molecule has 0 bridgehead atoms. The molecule has 1 atom stereocenters. The predicted octanol–water partition coefficient (Wildman–Crippen LogP) is 0.555. The van der Waals surface area contributed by atoms with Crippen molar-refractivity contribution < 1.29 is 18.0 Å². The second kappa shape index (κ2) is 5.62. The maximum atomic E-state index is 12.0. The van der Waals surface area contributed by atoms with E-state index >= 15 is 0 Å². The Balaban J connectivity index is 2.00. The van der Waals surface area contributed by atoms with Crippen LogP contribution in [0.2, 0.25) is 0 Å². The fraction of sp³-hybridized carbons (Fsp3) is 0.385. The highest BCUT2D eigenvalue weighted by molar-refractivity contribution is 7.90. The third-order valence-electron chi connectivity index (χ3n) is 3.19. The SMILES string of the molecule is CS(=O)(=O)c1ccc(NC(=O)C2CCC(=O)NC2)cc1. The lowest BCUT2D eigenvalue weighted by Gasteiger charge is -2.21. The van der Waals surface area contributed by atoms with Crippen molar-refractivity contribution in [1.29, 1.82) is 0 Å². The van der Waals surface area contributed by atoms with E-state index in [4.69, 9.17) is 0 Å². The summed E-state index contributed by atoms with van der Waals surface area (Å²) in [7, 11) is -3.23. The fourth-order valence-corrected chi connectivity index (χ4v) is 2.62. The van der Waals surface area contributed by atoms with Crippen molar-refractivity contribution >= 4 is 27.3 Å². The molecule has 0 aliphatic carbocycles. The molecule has 1 aromatic carbocycles. The minimum absolute atomic E-state index is 0.0356. The molecule has 2 N–H and O–H groups in total. The van der Waals surface area contributed by atoms with Gasteiger partial charge in [0.1, 0.15) is 0 Å². The first-order valence-corrected chi connectivity index (χ1v) is 8.13. The lowest BCUT2D eigenvalue weighted by molar-refractivity contribution is -0.126. The maximum Gasteiger partial charge on any atom is 0.229 e. The maximum absolute atomic E-state index is 12.0. The summed E-state index contributed by atoms with van der Waals surface area (Å²) in [5.41, 5.74) is 0.541. The van der Waals surface area contributed by atoms with Gasteiger partial charge < -0.3 is 10.6 Å². The Hall–Kier alpha value is -1.89. The summed E-state index contributed by atoms with van der Waals surface area (Å²) < 4.78 is 22.6. The van der Waals surface area contributed by atoms with Gasteiger partial charge in [-0.1, -0.05) is 0 Å². The van der Waals surface area contributed by atoms with Gasteiger partial charge in [0, 0.05) is 24.9 Å². The molecule has 108 valence electrons. The molecule has 0 radical (unpaired) electrons. The van der Waals surface area contributed by atoms with Gasteiger partial charge in [-0.25, -0.2) is 8.42 Å². The molecule has 1 fully saturated rings. The van der Waals surface area contributed by atoms with Gasteiger partial charge in [-0.05, 0) is 30.7 Å². The van der Waals surface area contributed by atoms with E-state index in [1.165, 1.54) is 12.1 Å². The van der Waals surface area contributed by atoms with Crippen LogP contribution >= 0.6 is 0 Å². The summed E-state index contributed by atoms with van der Waals surface area (Å²) in [5.74, 6) is -0.453. The van der Waals surface area contributed by atoms with Crippen molar-refractivity contribution in [1.82, 2.24) is 5.32 Å². The Labute approximate surface area is 117 Å². The number of anilines is 1. The molecule has 20 heavy (non-hydrogen) atoms. The first-order chi connectivity index (χ1) is 9.36. The summed E-state index contributed by atoms with van der Waals surface area (Å²) in [5, 5.41) is 5.37. The number of carbonyl (C=O) groups excluding carboxylic acids is 2. The standard InChI is InChI=1S/C13H16N2O4S/c1-20(18,19)11-5-3-10(4-6-11)15-13(17)9-2-7-12(16)14-8-9/h3-6,9H,2,7-8H2,1H3,(H,14,16)(H,15,17). The quantitative estimate of drug-likeness (QED) is 0.852. The number of piperidine rings is 1. The van der Waals surface area contributed by atoms with Gasteiger partial charge >= 0.3 is 0 Å². The number of amides is 2. The second-order valence-corrected chi connectivity index (χ2v) is 6.84. The van der Waals surface area contributed by atoms with E-state index in [-0.39, 0.29) is 22.6 Å². The number of sulfone groups is 1. The number of hydrogen-bond acceptors (Lipinski definition) is 4. The normalized spacial score (nSPS) is 19.2. The molecular formula is C13H16N2O4S. The van der Waals surface area contributed by atoms with Gasteiger partial charge in [0.2, 0.25) is 11.8 Å². The van der Waals surface area contributed by atoms with Crippen molar-refractivity contribution in [2.75, 3.05) is 18.1 Å². The Morgan fingerprint density at radius 1 is 1.30 bits per heavy atom. The fourth-order valence-electron chi connectivity index (χ4n) is 1.99. The Bertz CT molecular complexity index is 612. The molecule has 2 amide bonds. The second-order valence-electron chi connectivity index (χ2n) is 4.83. The third kappa shape index (κ3) is 3.57. The zero-order valence-corrected chi connectivity index (χ0v) is 11.9. The van der Waals surface area contributed by atoms with Crippen molar-refractivity contribution in [2.45, 2.75) is 17.7 Å². The monoisotopic (exact) mass is 296 g/mol. The number of rotatable bonds is 3. The molecule has 0 saturated carbocycles. The highest BCUT2D eigenvalue weighted by Gasteiger charge is 2.24. The van der Waals surface area contributed by atoms with E-state index in [1.807, 2.05) is 0 Å². The zero-order valence-electron chi connectivity index (χ0n) is 11.0. The first kappa shape index (κ1) is 14.5. The van der Waals surface area contributed by atoms with E-state index in [0.29, 0.717) is 25.1 Å². The molecule has 1 unspecified atom stereocenters. The van der Waals surface area contributed by atoms with E-state index in [0.717, 1.165) is 6.26 Å². The van der Waals surface area contributed by atoms with Crippen LogP contribution in [0, 0.1) is 5.92 Å². The summed E-state index contributed by atoms with van der Waals surface area (Å²) >= 11 is 0. The van der Waals surface area contributed by atoms with Gasteiger partial charge in [-0.3, -0.25) is 9.59 Å². The van der Waals surface area contributed by atoms with Crippen LogP contribution in [0.25, 0.3) is 0 Å². The van der Waals surface area contributed by atoms with E-state index < -0.39 is 9.84 Å². The average molecular weight is 296 g/mol. The van der Waals surface area contributed by atoms with Gasteiger partial charge in [0.15, 0.2) is 9.84 Å². The van der Waals surface area contributed by atoms with Crippen molar-refractivity contribution in [2.24, 2.45) is 5.92 Å². The lowest BCUT2D eigenvalue weighted by Crippen LogP contribution is -2.40. The molecule has 1 heterocycles. The lowest BCUT2D eigenvalue weighted by atomic mass is 9.98. The van der Waals surface area contributed by atoms with Crippen LogP contribution in [0.15, 0.2) is 29.2 Å². The summed E-state index contributed by atoms with van der Waals surface area (Å²) in [6, 6.07) is 6.01. The topological polar surface area (TPSA) is 92.3 Å². The van der Waals surface area contributed by atoms with Crippen LogP contribution < -0.4 is 10.6 Å². The van der Waals surface area contributed by atoms with E-state index in [2.05, 4.69) is 10.6 Å². The average Bonchev–Trinajstić information content (AvgIpc) is 2.39. The van der Waals surface area contributed by atoms with E-state index in [1.54, 1.807) is 12.1 Å². The van der Waals surface area contributed by atoms with Gasteiger partial charge in [0.05, 0.1) is 10.8 Å². The summed E-state index contributed by atoms with van der Waals surface area (Å²) in [6.45, 7) is 0.339. The molecule has 7 heteroatoms. The molecule has 1 aliphatic heterocycles. The summed E-state index contributed by atoms with van der Waals surface area (Å²) in [6.07, 6.45) is 2.01. The Kier molecular flexibility index (Phi) is 4.08. The number of carbonyl (C=O) groups is 2. The van der Waals surface area contributed by atoms with Crippen LogP contribution in [0.5, 0.6) is 0 Å². The van der Waals surface area contributed by atoms with Crippen molar-refractivity contribution in [3.63, 3.8) is 0 Å². The summed E-state index contributed by atoms with van der Waals surface area (Å²) in [4.78, 5) is 23.2. The van der Waals surface area contributed by atoms with Crippen molar-refractivity contribution in [3.05, 3.63) is 24.3 Å². The highest BCUT2D eigenvalue weighted by Crippen LogP contribution is 2.17. The molecular weight excluding hydrogens is 280 g/mol. The molecule has 0 aromatic heterocycles. The minimum atomic E-state index is -3.23. The van der Waals surface area contributed by atoms with Gasteiger partial charge in [-0.15, -0.1) is 0 Å². The molecule has 2 rings (SSSR count). The van der Waals surface area contributed by atoms with Crippen LogP contribution in [-0.2, 0) is 19.4 Å². The van der Waals surface area contributed by atoms with Crippen LogP contribution in [0.1, 0.15) is 12.8 Å². The number of benzene rings is 1. The van der Waals surface area contributed by atoms with Crippen LogP contribution in [-0.4, -0.2) is 33.0 Å². The van der Waals surface area contributed by atoms with Gasteiger partial charge in [0.25, 0.3) is 0 Å². The molecule has 6 nitrogen and oxygen atoms in total. The van der Waals surface area contributed by atoms with E-state index in [9.17, 15) is 18.0 Å². The first-order valence-electron chi connectivity index (χ1n) is 6.24. The van der Waals surface area contributed by atoms with Crippen LogP contribution in [0.4, 0.5) is 5.69 Å².